The Morgan fingerprint density at radius 1 is 1.14 bits per heavy atom. The van der Waals surface area contributed by atoms with Crippen molar-refractivity contribution in [1.29, 1.82) is 0 Å². The van der Waals surface area contributed by atoms with E-state index < -0.39 is 7.92 Å². The molecule has 1 saturated heterocycles. The van der Waals surface area contributed by atoms with Crippen LogP contribution in [0.15, 0.2) is 53.5 Å². The second-order valence-electron chi connectivity index (χ2n) is 11.7. The van der Waals surface area contributed by atoms with Gasteiger partial charge in [-0.25, -0.2) is 4.98 Å². The van der Waals surface area contributed by atoms with Crippen molar-refractivity contribution in [3.05, 3.63) is 59.2 Å². The number of likely N-dealkylation sites (tertiary alicyclic amines) is 1. The number of allylic oxidation sites excluding steroid dienone is 3. The first-order chi connectivity index (χ1) is 20.3. The van der Waals surface area contributed by atoms with Gasteiger partial charge in [-0.2, -0.15) is 4.98 Å². The molecule has 0 spiro atoms. The lowest BCUT2D eigenvalue weighted by atomic mass is 9.99. The van der Waals surface area contributed by atoms with Gasteiger partial charge in [0.15, 0.2) is 0 Å². The predicted molar refractivity (Wildman–Crippen MR) is 179 cm³/mol. The normalized spacial score (nSPS) is 17.4. The molecule has 2 fully saturated rings. The second kappa shape index (κ2) is 13.6. The van der Waals surface area contributed by atoms with Gasteiger partial charge in [0, 0.05) is 65.8 Å². The maximum atomic E-state index is 6.39. The highest BCUT2D eigenvalue weighted by Gasteiger charge is 2.25. The Kier molecular flexibility index (Phi) is 9.85. The van der Waals surface area contributed by atoms with Gasteiger partial charge in [-0.15, -0.1) is 0 Å². The number of benzene rings is 1. The second-order valence-corrected chi connectivity index (χ2v) is 13.9. The molecular formula is C33H44BN6OP. The Balaban J connectivity index is 1.42. The number of ether oxygens (including phenoxy) is 1. The molecule has 0 bridgehead atoms. The van der Waals surface area contributed by atoms with Crippen molar-refractivity contribution in [2.75, 3.05) is 44.2 Å². The smallest absolute Gasteiger partial charge is 0.228 e. The Hall–Kier alpha value is -2.96. The molecule has 2 aromatic heterocycles. The fourth-order valence-electron chi connectivity index (χ4n) is 5.72. The van der Waals surface area contributed by atoms with E-state index in [9.17, 15) is 0 Å². The van der Waals surface area contributed by atoms with Crippen molar-refractivity contribution in [3.63, 3.8) is 0 Å². The van der Waals surface area contributed by atoms with Crippen LogP contribution in [0.3, 0.4) is 0 Å². The third kappa shape index (κ3) is 6.98. The van der Waals surface area contributed by atoms with Crippen molar-refractivity contribution >= 4 is 54.9 Å². The summed E-state index contributed by atoms with van der Waals surface area (Å²) in [7, 11) is 7.76. The van der Waals surface area contributed by atoms with E-state index >= 15 is 0 Å². The van der Waals surface area contributed by atoms with Crippen LogP contribution in [0.5, 0.6) is 0 Å². The molecule has 9 heteroatoms. The summed E-state index contributed by atoms with van der Waals surface area (Å²) in [6, 6.07) is 8.67. The van der Waals surface area contributed by atoms with Gasteiger partial charge in [-0.3, -0.25) is 4.98 Å². The first-order valence-corrected chi connectivity index (χ1v) is 17.5. The third-order valence-corrected chi connectivity index (χ3v) is 9.70. The number of hydrogen-bond acceptors (Lipinski definition) is 7. The van der Waals surface area contributed by atoms with E-state index in [1.807, 2.05) is 0 Å². The highest BCUT2D eigenvalue weighted by molar-refractivity contribution is 7.65. The van der Waals surface area contributed by atoms with E-state index in [2.05, 4.69) is 85.0 Å². The highest BCUT2D eigenvalue weighted by atomic mass is 31.1. The van der Waals surface area contributed by atoms with Gasteiger partial charge >= 0.3 is 0 Å². The van der Waals surface area contributed by atoms with Gasteiger partial charge in [0.1, 0.15) is 13.7 Å². The predicted octanol–water partition coefficient (Wildman–Crippen LogP) is 6.31. The van der Waals surface area contributed by atoms with Crippen LogP contribution in [-0.4, -0.2) is 67.3 Å². The Labute approximate surface area is 253 Å². The largest absolute Gasteiger partial charge is 0.376 e. The minimum Gasteiger partial charge on any atom is -0.376 e. The standard InChI is InChI=1S/C33H44BN6OP/c1-7-26(21(2)19-30(22(3)41-4)40-17-9-8-10-18-40)38-33-35-20-25(34)32(39-33)37-29-16-15-28-24(31(29)42(5)6)13-14-27(36-28)23-11-12-23/h13-16,19-20,22-23H,7-12,17-18H2,1-6H3,(H2,35,37,38,39)/b26-21+,30-19+. The quantitative estimate of drug-likeness (QED) is 0.156. The van der Waals surface area contributed by atoms with Gasteiger partial charge in [-0.1, -0.05) is 20.9 Å². The molecule has 42 heavy (non-hydrogen) atoms. The summed E-state index contributed by atoms with van der Waals surface area (Å²) in [5.74, 6) is 1.75. The van der Waals surface area contributed by atoms with Crippen LogP contribution in [0.2, 0.25) is 0 Å². The van der Waals surface area contributed by atoms with Crippen LogP contribution in [0, 0.1) is 0 Å². The van der Waals surface area contributed by atoms with Crippen LogP contribution >= 0.6 is 7.92 Å². The highest BCUT2D eigenvalue weighted by Crippen LogP contribution is 2.40. The van der Waals surface area contributed by atoms with E-state index in [0.29, 0.717) is 23.1 Å². The van der Waals surface area contributed by atoms with Gasteiger partial charge in [0.25, 0.3) is 0 Å². The molecule has 1 saturated carbocycles. The van der Waals surface area contributed by atoms with Crippen LogP contribution in [-0.2, 0) is 4.74 Å². The van der Waals surface area contributed by atoms with Crippen molar-refractivity contribution in [3.8, 4) is 0 Å². The molecule has 1 unspecified atom stereocenters. The Bertz CT molecular complexity index is 1480. The molecule has 0 amide bonds. The molecule has 7 nitrogen and oxygen atoms in total. The lowest BCUT2D eigenvalue weighted by Gasteiger charge is -2.34. The van der Waals surface area contributed by atoms with Crippen LogP contribution < -0.4 is 21.4 Å². The maximum absolute atomic E-state index is 6.39. The van der Waals surface area contributed by atoms with Gasteiger partial charge in [0.05, 0.1) is 11.6 Å². The molecule has 1 aliphatic carbocycles. The number of anilines is 3. The number of piperidine rings is 1. The van der Waals surface area contributed by atoms with E-state index in [4.69, 9.17) is 22.6 Å². The minimum absolute atomic E-state index is 0.0222. The summed E-state index contributed by atoms with van der Waals surface area (Å²) in [5.41, 5.74) is 7.23. The van der Waals surface area contributed by atoms with Crippen molar-refractivity contribution in [1.82, 2.24) is 19.9 Å². The van der Waals surface area contributed by atoms with Crippen molar-refractivity contribution in [2.24, 2.45) is 0 Å². The minimum atomic E-state index is -0.416. The number of aromatic nitrogens is 3. The topological polar surface area (TPSA) is 75.2 Å². The zero-order valence-corrected chi connectivity index (χ0v) is 26.9. The number of nitrogens with one attached hydrogen (secondary N) is 2. The van der Waals surface area contributed by atoms with Gasteiger partial charge < -0.3 is 20.3 Å². The first-order valence-electron chi connectivity index (χ1n) is 15.3. The van der Waals surface area contributed by atoms with Crippen molar-refractivity contribution in [2.45, 2.75) is 71.3 Å². The fraction of sp³-hybridized carbons (Fsp3) is 0.485. The molecule has 3 heterocycles. The van der Waals surface area contributed by atoms with Crippen LogP contribution in [0.4, 0.5) is 17.5 Å². The average molecular weight is 583 g/mol. The summed E-state index contributed by atoms with van der Waals surface area (Å²) < 4.78 is 5.75. The fourth-order valence-corrected chi connectivity index (χ4v) is 7.00. The number of pyridine rings is 1. The molecule has 5 rings (SSSR count). The lowest BCUT2D eigenvalue weighted by Crippen LogP contribution is -2.34. The van der Waals surface area contributed by atoms with Crippen LogP contribution in [0.1, 0.15) is 70.9 Å². The molecular weight excluding hydrogens is 538 g/mol. The average Bonchev–Trinajstić information content (AvgIpc) is 3.85. The zero-order valence-electron chi connectivity index (χ0n) is 26.0. The number of hydrogen-bond donors (Lipinski definition) is 2. The van der Waals surface area contributed by atoms with Gasteiger partial charge in [0.2, 0.25) is 5.95 Å². The van der Waals surface area contributed by atoms with E-state index in [-0.39, 0.29) is 6.10 Å². The number of rotatable bonds is 11. The van der Waals surface area contributed by atoms with Crippen LogP contribution in [0.25, 0.3) is 10.9 Å². The molecule has 1 aliphatic heterocycles. The molecule has 2 radical (unpaired) electrons. The van der Waals surface area contributed by atoms with E-state index in [0.717, 1.165) is 42.0 Å². The zero-order chi connectivity index (χ0) is 29.8. The van der Waals surface area contributed by atoms with E-state index in [1.54, 1.807) is 13.3 Å². The lowest BCUT2D eigenvalue weighted by molar-refractivity contribution is 0.109. The SMILES string of the molecule is [B]c1cnc(N/C(CC)=C(C)/C=C(\C(C)OC)N2CCCCC2)nc1Nc1ccc2nc(C3CC3)ccc2c1P(C)C. The summed E-state index contributed by atoms with van der Waals surface area (Å²) in [6.07, 6.45) is 11.0. The van der Waals surface area contributed by atoms with Gasteiger partial charge in [-0.05, 0) is 101 Å². The maximum Gasteiger partial charge on any atom is 0.228 e. The molecule has 2 aliphatic rings. The molecule has 2 N–H and O–H groups in total. The number of fused-ring (bicyclic) bond motifs is 1. The van der Waals surface area contributed by atoms with E-state index in [1.165, 1.54) is 54.2 Å². The third-order valence-electron chi connectivity index (χ3n) is 8.33. The monoisotopic (exact) mass is 582 g/mol. The number of nitrogens with zero attached hydrogens (tertiary/aromatic N) is 4. The first kappa shape index (κ1) is 30.5. The summed E-state index contributed by atoms with van der Waals surface area (Å²) in [5, 5.41) is 9.50. The summed E-state index contributed by atoms with van der Waals surface area (Å²) in [4.78, 5) is 16.8. The van der Waals surface area contributed by atoms with Crippen molar-refractivity contribution < 1.29 is 4.74 Å². The summed E-state index contributed by atoms with van der Waals surface area (Å²) >= 11 is 0. The molecule has 3 aromatic rings. The summed E-state index contributed by atoms with van der Waals surface area (Å²) in [6.45, 7) is 13.1. The molecule has 1 atom stereocenters. The Morgan fingerprint density at radius 2 is 1.90 bits per heavy atom. The number of methoxy groups -OCH3 is 1. The Morgan fingerprint density at radius 3 is 2.57 bits per heavy atom. The molecule has 220 valence electrons. The molecule has 1 aromatic carbocycles.